The summed E-state index contributed by atoms with van der Waals surface area (Å²) in [5.41, 5.74) is 5.97. The number of hydrogen-bond donors (Lipinski definition) is 2. The first-order chi connectivity index (χ1) is 6.22. The highest BCUT2D eigenvalue weighted by Crippen LogP contribution is 2.25. The van der Waals surface area contributed by atoms with Crippen LogP contribution in [0, 0.1) is 3.70 Å². The van der Waals surface area contributed by atoms with Crippen molar-refractivity contribution in [1.82, 2.24) is 20.2 Å². The number of fused-ring (bicyclic) bond motifs is 1. The summed E-state index contributed by atoms with van der Waals surface area (Å²) in [5, 5.41) is 7.48. The standard InChI is InChI=1S/C6H6IN5O/c1-13-5-2-3(7)11-12-4(2)9-6(8)10-5/h1H3,(H3,8,9,10,11,12). The molecule has 6 nitrogen and oxygen atoms in total. The van der Waals surface area contributed by atoms with Gasteiger partial charge in [0, 0.05) is 0 Å². The fraction of sp³-hybridized carbons (Fsp3) is 0.167. The molecule has 0 aromatic carbocycles. The SMILES string of the molecule is COc1nc(N)nc2n[nH]c(I)c12. The van der Waals surface area contributed by atoms with Gasteiger partial charge in [-0.25, -0.2) is 0 Å². The molecule has 0 fully saturated rings. The average molecular weight is 291 g/mol. The molecule has 13 heavy (non-hydrogen) atoms. The average Bonchev–Trinajstić information content (AvgIpc) is 2.46. The number of aromatic amines is 1. The molecule has 0 saturated carbocycles. The molecular formula is C6H6IN5O. The van der Waals surface area contributed by atoms with E-state index in [0.717, 1.165) is 9.09 Å². The molecule has 68 valence electrons. The van der Waals surface area contributed by atoms with Gasteiger partial charge >= 0.3 is 0 Å². The molecular weight excluding hydrogens is 285 g/mol. The van der Waals surface area contributed by atoms with Crippen molar-refractivity contribution in [3.8, 4) is 5.88 Å². The number of anilines is 1. The lowest BCUT2D eigenvalue weighted by Gasteiger charge is -1.99. The van der Waals surface area contributed by atoms with Crippen molar-refractivity contribution in [2.24, 2.45) is 0 Å². The number of nitrogens with zero attached hydrogens (tertiary/aromatic N) is 3. The second kappa shape index (κ2) is 2.98. The van der Waals surface area contributed by atoms with E-state index < -0.39 is 0 Å². The minimum atomic E-state index is 0.159. The molecule has 2 aromatic heterocycles. The Morgan fingerprint density at radius 3 is 2.92 bits per heavy atom. The zero-order chi connectivity index (χ0) is 9.42. The van der Waals surface area contributed by atoms with Crippen LogP contribution in [0.15, 0.2) is 0 Å². The molecule has 2 heterocycles. The van der Waals surface area contributed by atoms with Crippen LogP contribution >= 0.6 is 22.6 Å². The fourth-order valence-electron chi connectivity index (χ4n) is 1.02. The quantitative estimate of drug-likeness (QED) is 0.749. The summed E-state index contributed by atoms with van der Waals surface area (Å²) in [6.45, 7) is 0. The Bertz CT molecular complexity index is 453. The van der Waals surface area contributed by atoms with Crippen LogP contribution < -0.4 is 10.5 Å². The van der Waals surface area contributed by atoms with E-state index in [1.807, 2.05) is 0 Å². The third-order valence-electron chi connectivity index (χ3n) is 1.55. The van der Waals surface area contributed by atoms with E-state index in [2.05, 4.69) is 42.8 Å². The van der Waals surface area contributed by atoms with Gasteiger partial charge in [-0.1, -0.05) is 0 Å². The van der Waals surface area contributed by atoms with Gasteiger partial charge in [0.25, 0.3) is 0 Å². The van der Waals surface area contributed by atoms with E-state index in [4.69, 9.17) is 10.5 Å². The molecule has 0 amide bonds. The highest BCUT2D eigenvalue weighted by atomic mass is 127. The van der Waals surface area contributed by atoms with Gasteiger partial charge in [0.2, 0.25) is 11.8 Å². The molecule has 0 atom stereocenters. The zero-order valence-electron chi connectivity index (χ0n) is 6.71. The Morgan fingerprint density at radius 2 is 2.23 bits per heavy atom. The summed E-state index contributed by atoms with van der Waals surface area (Å²) < 4.78 is 5.89. The van der Waals surface area contributed by atoms with Crippen LogP contribution in [0.1, 0.15) is 0 Å². The van der Waals surface area contributed by atoms with Gasteiger partial charge in [0.15, 0.2) is 5.65 Å². The first kappa shape index (κ1) is 8.48. The van der Waals surface area contributed by atoms with Crippen molar-refractivity contribution < 1.29 is 4.74 Å². The minimum Gasteiger partial charge on any atom is -0.480 e. The van der Waals surface area contributed by atoms with Crippen molar-refractivity contribution in [2.45, 2.75) is 0 Å². The smallest absolute Gasteiger partial charge is 0.230 e. The van der Waals surface area contributed by atoms with Crippen LogP contribution in [-0.2, 0) is 0 Å². The molecule has 0 aliphatic carbocycles. The van der Waals surface area contributed by atoms with Gasteiger partial charge in [-0.05, 0) is 22.6 Å². The Hall–Kier alpha value is -1.12. The predicted molar refractivity (Wildman–Crippen MR) is 55.4 cm³/mol. The Kier molecular flexibility index (Phi) is 1.94. The number of rotatable bonds is 1. The van der Waals surface area contributed by atoms with Crippen molar-refractivity contribution in [2.75, 3.05) is 12.8 Å². The summed E-state index contributed by atoms with van der Waals surface area (Å²) in [4.78, 5) is 7.88. The number of nitrogens with two attached hydrogens (primary N) is 1. The van der Waals surface area contributed by atoms with E-state index in [0.29, 0.717) is 11.5 Å². The molecule has 0 aliphatic rings. The minimum absolute atomic E-state index is 0.159. The Balaban J connectivity index is 2.85. The lowest BCUT2D eigenvalue weighted by Crippen LogP contribution is -1.98. The number of halogens is 1. The molecule has 3 N–H and O–H groups in total. The maximum atomic E-state index is 5.45. The third kappa shape index (κ3) is 1.28. The van der Waals surface area contributed by atoms with Gasteiger partial charge in [-0.15, -0.1) is 0 Å². The van der Waals surface area contributed by atoms with Crippen molar-refractivity contribution in [3.63, 3.8) is 0 Å². The molecule has 2 rings (SSSR count). The third-order valence-corrected chi connectivity index (χ3v) is 2.33. The lowest BCUT2D eigenvalue weighted by atomic mass is 10.4. The predicted octanol–water partition coefficient (Wildman–Crippen LogP) is 0.548. The normalized spacial score (nSPS) is 10.6. The number of aromatic nitrogens is 4. The van der Waals surface area contributed by atoms with E-state index in [-0.39, 0.29) is 5.95 Å². The number of nitrogen functional groups attached to an aromatic ring is 1. The summed E-state index contributed by atoms with van der Waals surface area (Å²) in [5.74, 6) is 0.605. The van der Waals surface area contributed by atoms with Crippen molar-refractivity contribution in [3.05, 3.63) is 3.70 Å². The van der Waals surface area contributed by atoms with Gasteiger partial charge < -0.3 is 10.5 Å². The summed E-state index contributed by atoms with van der Waals surface area (Å²) in [6.07, 6.45) is 0. The molecule has 0 radical (unpaired) electrons. The van der Waals surface area contributed by atoms with Gasteiger partial charge in [0.1, 0.15) is 9.09 Å². The molecule has 0 saturated heterocycles. The number of ether oxygens (including phenoxy) is 1. The second-order valence-corrected chi connectivity index (χ2v) is 3.41. The molecule has 0 aliphatic heterocycles. The number of nitrogens with one attached hydrogen (secondary N) is 1. The van der Waals surface area contributed by atoms with Crippen LogP contribution in [0.25, 0.3) is 11.0 Å². The first-order valence-electron chi connectivity index (χ1n) is 3.43. The molecule has 0 unspecified atom stereocenters. The molecule has 0 bridgehead atoms. The van der Waals surface area contributed by atoms with Gasteiger partial charge in [0.05, 0.1) is 7.11 Å². The number of H-pyrrole nitrogens is 1. The first-order valence-corrected chi connectivity index (χ1v) is 4.51. The van der Waals surface area contributed by atoms with Crippen molar-refractivity contribution in [1.29, 1.82) is 0 Å². The van der Waals surface area contributed by atoms with E-state index in [9.17, 15) is 0 Å². The second-order valence-electron chi connectivity index (χ2n) is 2.33. The van der Waals surface area contributed by atoms with Crippen molar-refractivity contribution >= 4 is 39.6 Å². The fourth-order valence-corrected chi connectivity index (χ4v) is 1.62. The number of methoxy groups -OCH3 is 1. The molecule has 7 heteroatoms. The summed E-state index contributed by atoms with van der Waals surface area (Å²) in [7, 11) is 1.53. The topological polar surface area (TPSA) is 89.7 Å². The summed E-state index contributed by atoms with van der Waals surface area (Å²) >= 11 is 2.10. The maximum absolute atomic E-state index is 5.45. The van der Waals surface area contributed by atoms with Crippen LogP contribution in [0.5, 0.6) is 5.88 Å². The van der Waals surface area contributed by atoms with E-state index in [1.165, 1.54) is 7.11 Å². The molecule has 2 aromatic rings. The van der Waals surface area contributed by atoms with Crippen LogP contribution in [0.2, 0.25) is 0 Å². The van der Waals surface area contributed by atoms with Crippen LogP contribution in [0.3, 0.4) is 0 Å². The largest absolute Gasteiger partial charge is 0.480 e. The highest BCUT2D eigenvalue weighted by Gasteiger charge is 2.12. The van der Waals surface area contributed by atoms with E-state index >= 15 is 0 Å². The molecule has 0 spiro atoms. The number of hydrogen-bond acceptors (Lipinski definition) is 5. The highest BCUT2D eigenvalue weighted by molar-refractivity contribution is 14.1. The monoisotopic (exact) mass is 291 g/mol. The lowest BCUT2D eigenvalue weighted by molar-refractivity contribution is 0.403. The van der Waals surface area contributed by atoms with Gasteiger partial charge in [-0.3, -0.25) is 5.10 Å². The van der Waals surface area contributed by atoms with E-state index in [1.54, 1.807) is 0 Å². The van der Waals surface area contributed by atoms with Gasteiger partial charge in [-0.2, -0.15) is 15.1 Å². The summed E-state index contributed by atoms with van der Waals surface area (Å²) in [6, 6.07) is 0. The Morgan fingerprint density at radius 1 is 1.46 bits per heavy atom. The maximum Gasteiger partial charge on any atom is 0.230 e. The van der Waals surface area contributed by atoms with Crippen LogP contribution in [-0.4, -0.2) is 27.3 Å². The zero-order valence-corrected chi connectivity index (χ0v) is 8.86. The Labute approximate surface area is 87.0 Å². The van der Waals surface area contributed by atoms with Crippen LogP contribution in [0.4, 0.5) is 5.95 Å².